The molecule has 2 N–H and O–H groups in total. The van der Waals surface area contributed by atoms with Gasteiger partial charge in [0.2, 0.25) is 11.9 Å². The van der Waals surface area contributed by atoms with Gasteiger partial charge in [-0.05, 0) is 19.5 Å². The lowest BCUT2D eigenvalue weighted by molar-refractivity contribution is 0.204. The summed E-state index contributed by atoms with van der Waals surface area (Å²) in [6.07, 6.45) is 3.43. The van der Waals surface area contributed by atoms with Crippen LogP contribution in [-0.2, 0) is 6.54 Å². The summed E-state index contributed by atoms with van der Waals surface area (Å²) in [6.45, 7) is 5.82. The molecule has 0 bridgehead atoms. The number of aromatic nitrogens is 3. The Morgan fingerprint density at radius 2 is 2.05 bits per heavy atom. The van der Waals surface area contributed by atoms with Crippen LogP contribution < -0.4 is 10.6 Å². The summed E-state index contributed by atoms with van der Waals surface area (Å²) in [7, 11) is 3.76. The number of hydrogen-bond donors (Lipinski definition) is 1. The fourth-order valence-corrected chi connectivity index (χ4v) is 2.09. The fraction of sp³-hybridized carbons (Fsp3) is 0.500. The molecule has 0 spiro atoms. The SMILES string of the molecule is CCN(Cc1ccoc1)[C@H](C)c1nc(N)nc(N(C)C)n1. The Balaban J connectivity index is 2.22. The Hall–Kier alpha value is -2.15. The molecule has 21 heavy (non-hydrogen) atoms. The van der Waals surface area contributed by atoms with Crippen molar-refractivity contribution >= 4 is 11.9 Å². The standard InChI is InChI=1S/C14H22N6O/c1-5-20(8-11-6-7-21-9-11)10(2)12-16-13(15)18-14(17-12)19(3)4/h6-7,9-10H,5,8H2,1-4H3,(H2,15,16,17,18)/t10-/m1/s1. The van der Waals surface area contributed by atoms with E-state index in [1.165, 1.54) is 0 Å². The maximum atomic E-state index is 5.79. The van der Waals surface area contributed by atoms with Gasteiger partial charge in [-0.15, -0.1) is 0 Å². The molecule has 0 saturated carbocycles. The van der Waals surface area contributed by atoms with Crippen molar-refractivity contribution in [1.82, 2.24) is 19.9 Å². The van der Waals surface area contributed by atoms with E-state index in [2.05, 4.69) is 33.7 Å². The minimum atomic E-state index is 0.0360. The summed E-state index contributed by atoms with van der Waals surface area (Å²) in [5.74, 6) is 1.50. The lowest BCUT2D eigenvalue weighted by atomic mass is 10.2. The van der Waals surface area contributed by atoms with Gasteiger partial charge < -0.3 is 15.1 Å². The highest BCUT2D eigenvalue weighted by Gasteiger charge is 2.19. The quantitative estimate of drug-likeness (QED) is 0.866. The summed E-state index contributed by atoms with van der Waals surface area (Å²) in [5, 5.41) is 0. The summed E-state index contributed by atoms with van der Waals surface area (Å²) in [5.41, 5.74) is 6.91. The molecule has 7 heteroatoms. The third-order valence-corrected chi connectivity index (χ3v) is 3.35. The first-order valence-electron chi connectivity index (χ1n) is 6.95. The van der Waals surface area contributed by atoms with E-state index >= 15 is 0 Å². The first-order chi connectivity index (χ1) is 10.0. The highest BCUT2D eigenvalue weighted by Crippen LogP contribution is 2.21. The second kappa shape index (κ2) is 6.53. The van der Waals surface area contributed by atoms with Gasteiger partial charge in [-0.25, -0.2) is 0 Å². The topological polar surface area (TPSA) is 84.3 Å². The molecule has 7 nitrogen and oxygen atoms in total. The summed E-state index contributed by atoms with van der Waals surface area (Å²) >= 11 is 0. The zero-order valence-corrected chi connectivity index (χ0v) is 12.9. The van der Waals surface area contributed by atoms with Crippen LogP contribution in [-0.4, -0.2) is 40.5 Å². The van der Waals surface area contributed by atoms with Gasteiger partial charge in [0.15, 0.2) is 5.82 Å². The van der Waals surface area contributed by atoms with E-state index in [1.807, 2.05) is 25.1 Å². The van der Waals surface area contributed by atoms with Gasteiger partial charge >= 0.3 is 0 Å². The number of nitrogen functional groups attached to an aromatic ring is 1. The molecule has 0 radical (unpaired) electrons. The second-order valence-electron chi connectivity index (χ2n) is 5.12. The van der Waals surface area contributed by atoms with E-state index in [9.17, 15) is 0 Å². The van der Waals surface area contributed by atoms with E-state index in [1.54, 1.807) is 12.5 Å². The number of furan rings is 1. The predicted octanol–water partition coefficient (Wildman–Crippen LogP) is 1.70. The molecule has 1 atom stereocenters. The molecular weight excluding hydrogens is 268 g/mol. The molecule has 0 aliphatic rings. The first kappa shape index (κ1) is 15.2. The molecule has 0 unspecified atom stereocenters. The normalized spacial score (nSPS) is 12.6. The van der Waals surface area contributed by atoms with Crippen molar-refractivity contribution in [1.29, 1.82) is 0 Å². The maximum Gasteiger partial charge on any atom is 0.229 e. The van der Waals surface area contributed by atoms with Crippen molar-refractivity contribution in [2.24, 2.45) is 0 Å². The molecule has 2 heterocycles. The van der Waals surface area contributed by atoms with Crippen molar-refractivity contribution < 1.29 is 4.42 Å². The van der Waals surface area contributed by atoms with Gasteiger partial charge in [-0.3, -0.25) is 4.90 Å². The van der Waals surface area contributed by atoms with E-state index in [-0.39, 0.29) is 12.0 Å². The number of nitrogens with zero attached hydrogens (tertiary/aromatic N) is 5. The van der Waals surface area contributed by atoms with Crippen molar-refractivity contribution in [3.05, 3.63) is 30.0 Å². The molecule has 2 aromatic heterocycles. The Labute approximate surface area is 124 Å². The lowest BCUT2D eigenvalue weighted by Gasteiger charge is -2.26. The number of anilines is 2. The zero-order chi connectivity index (χ0) is 15.4. The third kappa shape index (κ3) is 3.69. The van der Waals surface area contributed by atoms with Crippen LogP contribution in [0.4, 0.5) is 11.9 Å². The Kier molecular flexibility index (Phi) is 4.74. The van der Waals surface area contributed by atoms with Crippen molar-refractivity contribution in [2.45, 2.75) is 26.4 Å². The van der Waals surface area contributed by atoms with E-state index < -0.39 is 0 Å². The third-order valence-electron chi connectivity index (χ3n) is 3.35. The average Bonchev–Trinajstić information content (AvgIpc) is 2.96. The summed E-state index contributed by atoms with van der Waals surface area (Å²) in [4.78, 5) is 17.0. The van der Waals surface area contributed by atoms with Gasteiger partial charge in [-0.2, -0.15) is 15.0 Å². The number of nitrogens with two attached hydrogens (primary N) is 1. The van der Waals surface area contributed by atoms with Crippen LogP contribution in [0.15, 0.2) is 23.0 Å². The van der Waals surface area contributed by atoms with Crippen LogP contribution in [0.1, 0.15) is 31.3 Å². The number of rotatable bonds is 6. The predicted molar refractivity (Wildman–Crippen MR) is 81.8 cm³/mol. The van der Waals surface area contributed by atoms with E-state index in [0.717, 1.165) is 18.7 Å². The van der Waals surface area contributed by atoms with Crippen LogP contribution in [0.25, 0.3) is 0 Å². The lowest BCUT2D eigenvalue weighted by Crippen LogP contribution is -2.28. The highest BCUT2D eigenvalue weighted by molar-refractivity contribution is 5.33. The van der Waals surface area contributed by atoms with Gasteiger partial charge in [0.25, 0.3) is 0 Å². The Bertz CT molecular complexity index is 569. The Morgan fingerprint density at radius 1 is 1.29 bits per heavy atom. The van der Waals surface area contributed by atoms with Crippen LogP contribution >= 0.6 is 0 Å². The Morgan fingerprint density at radius 3 is 2.62 bits per heavy atom. The van der Waals surface area contributed by atoms with Crippen molar-refractivity contribution in [3.63, 3.8) is 0 Å². The van der Waals surface area contributed by atoms with Gasteiger partial charge in [0.05, 0.1) is 18.6 Å². The zero-order valence-electron chi connectivity index (χ0n) is 12.9. The van der Waals surface area contributed by atoms with Crippen LogP contribution in [0.5, 0.6) is 0 Å². The molecule has 0 amide bonds. The van der Waals surface area contributed by atoms with Gasteiger partial charge in [0.1, 0.15) is 0 Å². The fourth-order valence-electron chi connectivity index (χ4n) is 2.09. The minimum Gasteiger partial charge on any atom is -0.472 e. The molecule has 0 aromatic carbocycles. The summed E-state index contributed by atoms with van der Waals surface area (Å²) in [6, 6.07) is 2.00. The molecule has 114 valence electrons. The van der Waals surface area contributed by atoms with Crippen LogP contribution in [0, 0.1) is 0 Å². The van der Waals surface area contributed by atoms with Crippen LogP contribution in [0.3, 0.4) is 0 Å². The van der Waals surface area contributed by atoms with E-state index in [0.29, 0.717) is 11.8 Å². The summed E-state index contributed by atoms with van der Waals surface area (Å²) < 4.78 is 5.12. The molecule has 0 aliphatic carbocycles. The number of hydrogen-bond acceptors (Lipinski definition) is 7. The molecule has 0 aliphatic heterocycles. The first-order valence-corrected chi connectivity index (χ1v) is 6.95. The van der Waals surface area contributed by atoms with Gasteiger partial charge in [-0.1, -0.05) is 6.92 Å². The van der Waals surface area contributed by atoms with Gasteiger partial charge in [0, 0.05) is 26.2 Å². The monoisotopic (exact) mass is 290 g/mol. The largest absolute Gasteiger partial charge is 0.472 e. The molecule has 0 saturated heterocycles. The minimum absolute atomic E-state index is 0.0360. The van der Waals surface area contributed by atoms with E-state index in [4.69, 9.17) is 10.2 Å². The maximum absolute atomic E-state index is 5.79. The van der Waals surface area contributed by atoms with Crippen molar-refractivity contribution in [3.8, 4) is 0 Å². The molecule has 2 aromatic rings. The van der Waals surface area contributed by atoms with Crippen LogP contribution in [0.2, 0.25) is 0 Å². The smallest absolute Gasteiger partial charge is 0.229 e. The van der Waals surface area contributed by atoms with Crippen molar-refractivity contribution in [2.75, 3.05) is 31.3 Å². The average molecular weight is 290 g/mol. The molecule has 0 fully saturated rings. The molecular formula is C14H22N6O. The highest BCUT2D eigenvalue weighted by atomic mass is 16.3. The second-order valence-corrected chi connectivity index (χ2v) is 5.12. The molecule has 2 rings (SSSR count).